The molecule has 0 aliphatic heterocycles. The lowest BCUT2D eigenvalue weighted by atomic mass is 9.86. The fraction of sp³-hybridized carbons (Fsp3) is 0.375. The van der Waals surface area contributed by atoms with Crippen LogP contribution in [0.1, 0.15) is 46.7 Å². The van der Waals surface area contributed by atoms with Gasteiger partial charge in [-0.25, -0.2) is 0 Å². The van der Waals surface area contributed by atoms with Crippen LogP contribution in [0.5, 0.6) is 0 Å². The van der Waals surface area contributed by atoms with Crippen LogP contribution in [-0.2, 0) is 12.6 Å². The molecule has 1 aromatic heterocycles. The van der Waals surface area contributed by atoms with Gasteiger partial charge in [0.1, 0.15) is 5.15 Å². The molecule has 1 heterocycles. The quantitative estimate of drug-likeness (QED) is 0.927. The number of hydrogen-bond acceptors (Lipinski definition) is 2. The number of rotatable bonds is 2. The molecule has 4 rings (SSSR count). The van der Waals surface area contributed by atoms with E-state index in [9.17, 15) is 4.79 Å². The zero-order valence-corrected chi connectivity index (χ0v) is 12.5. The smallest absolute Gasteiger partial charge is 0.256 e. The summed E-state index contributed by atoms with van der Waals surface area (Å²) < 4.78 is 1.51. The number of aryl methyl sites for hydroxylation is 1. The Morgan fingerprint density at radius 2 is 2.29 bits per heavy atom. The minimum absolute atomic E-state index is 0.134. The molecule has 0 radical (unpaired) electrons. The van der Waals surface area contributed by atoms with Gasteiger partial charge in [-0.3, -0.25) is 9.48 Å². The first-order valence-corrected chi connectivity index (χ1v) is 7.58. The zero-order chi connectivity index (χ0) is 14.6. The normalized spacial score (nSPS) is 25.9. The third kappa shape index (κ3) is 1.75. The number of fused-ring (bicyclic) bond motifs is 5. The number of nitrogens with one attached hydrogen (secondary N) is 1. The molecule has 0 spiro atoms. The molecule has 2 aliphatic carbocycles. The van der Waals surface area contributed by atoms with Gasteiger partial charge >= 0.3 is 0 Å². The monoisotopic (exact) mass is 301 g/mol. The lowest BCUT2D eigenvalue weighted by Gasteiger charge is -2.30. The van der Waals surface area contributed by atoms with E-state index in [4.69, 9.17) is 11.6 Å². The Kier molecular flexibility index (Phi) is 2.67. The second-order valence-electron chi connectivity index (χ2n) is 6.04. The molecule has 1 aromatic carbocycles. The number of carbonyl (C=O) groups excluding carboxylic acids is 1. The van der Waals surface area contributed by atoms with Crippen molar-refractivity contribution in [1.29, 1.82) is 0 Å². The number of aromatic nitrogens is 2. The van der Waals surface area contributed by atoms with Gasteiger partial charge in [-0.15, -0.1) is 0 Å². The maximum absolute atomic E-state index is 12.6. The Hall–Kier alpha value is -1.81. The molecular weight excluding hydrogens is 286 g/mol. The Morgan fingerprint density at radius 3 is 3.05 bits per heavy atom. The fourth-order valence-electron chi connectivity index (χ4n) is 3.88. The van der Waals surface area contributed by atoms with E-state index in [1.54, 1.807) is 7.05 Å². The molecule has 4 nitrogen and oxygen atoms in total. The maximum atomic E-state index is 12.6. The highest BCUT2D eigenvalue weighted by molar-refractivity contribution is 6.32. The molecular formula is C16H16ClN3O. The third-order valence-corrected chi connectivity index (χ3v) is 5.34. The summed E-state index contributed by atoms with van der Waals surface area (Å²) >= 11 is 6.13. The lowest BCUT2D eigenvalue weighted by Crippen LogP contribution is -2.43. The summed E-state index contributed by atoms with van der Waals surface area (Å²) in [7, 11) is 1.73. The molecule has 2 aromatic rings. The standard InChI is InChI=1S/C16H16ClN3O/c1-20-14(17)12(9-18-20)15(21)19-16-7-6-10(8-16)11-4-2-3-5-13(11)16/h2-5,9-10H,6-8H2,1H3,(H,19,21). The van der Waals surface area contributed by atoms with Gasteiger partial charge < -0.3 is 5.32 Å². The summed E-state index contributed by atoms with van der Waals surface area (Å²) in [4.78, 5) is 12.6. The van der Waals surface area contributed by atoms with Crippen LogP contribution < -0.4 is 5.32 Å². The molecule has 0 saturated heterocycles. The third-order valence-electron chi connectivity index (χ3n) is 4.89. The summed E-state index contributed by atoms with van der Waals surface area (Å²) in [5.41, 5.74) is 2.88. The summed E-state index contributed by atoms with van der Waals surface area (Å²) in [5.74, 6) is 0.441. The minimum atomic E-state index is -0.225. The van der Waals surface area contributed by atoms with Crippen molar-refractivity contribution in [3.05, 3.63) is 52.3 Å². The van der Waals surface area contributed by atoms with E-state index in [-0.39, 0.29) is 11.4 Å². The predicted octanol–water partition coefficient (Wildman–Crippen LogP) is 2.98. The van der Waals surface area contributed by atoms with Crippen molar-refractivity contribution in [2.75, 3.05) is 0 Å². The molecule has 108 valence electrons. The van der Waals surface area contributed by atoms with Gasteiger partial charge in [-0.2, -0.15) is 5.10 Å². The first kappa shape index (κ1) is 12.9. The number of nitrogens with zero attached hydrogens (tertiary/aromatic N) is 2. The van der Waals surface area contributed by atoms with Gasteiger partial charge in [-0.05, 0) is 36.3 Å². The SMILES string of the molecule is Cn1ncc(C(=O)NC23CCC(C2)c2ccccc23)c1Cl. The Bertz CT molecular complexity index is 739. The van der Waals surface area contributed by atoms with Gasteiger partial charge in [-0.1, -0.05) is 35.9 Å². The summed E-state index contributed by atoms with van der Waals surface area (Å²) in [6.45, 7) is 0. The summed E-state index contributed by atoms with van der Waals surface area (Å²) in [6.07, 6.45) is 4.66. The number of amides is 1. The summed E-state index contributed by atoms with van der Waals surface area (Å²) in [5, 5.41) is 7.65. The first-order valence-electron chi connectivity index (χ1n) is 7.20. The minimum Gasteiger partial charge on any atom is -0.342 e. The Labute approximate surface area is 128 Å². The molecule has 5 heteroatoms. The number of halogens is 1. The highest BCUT2D eigenvalue weighted by Gasteiger charge is 2.49. The Balaban J connectivity index is 1.69. The van der Waals surface area contributed by atoms with Crippen LogP contribution in [0.15, 0.2) is 30.5 Å². The fourth-order valence-corrected chi connectivity index (χ4v) is 4.06. The van der Waals surface area contributed by atoms with Crippen LogP contribution in [0.4, 0.5) is 0 Å². The molecule has 21 heavy (non-hydrogen) atoms. The molecule has 2 aliphatic rings. The van der Waals surface area contributed by atoms with Crippen LogP contribution >= 0.6 is 11.6 Å². The van der Waals surface area contributed by atoms with Gasteiger partial charge in [0.25, 0.3) is 5.91 Å². The van der Waals surface area contributed by atoms with Gasteiger partial charge in [0.05, 0.1) is 17.3 Å². The topological polar surface area (TPSA) is 46.9 Å². The largest absolute Gasteiger partial charge is 0.342 e. The molecule has 2 atom stereocenters. The van der Waals surface area contributed by atoms with E-state index in [2.05, 4.69) is 28.6 Å². The lowest BCUT2D eigenvalue weighted by molar-refractivity contribution is 0.0900. The second-order valence-corrected chi connectivity index (χ2v) is 6.39. The average Bonchev–Trinajstić information content (AvgIpc) is 3.13. The number of benzene rings is 1. The molecule has 2 unspecified atom stereocenters. The van der Waals surface area contributed by atoms with Crippen molar-refractivity contribution in [3.8, 4) is 0 Å². The van der Waals surface area contributed by atoms with Crippen molar-refractivity contribution in [3.63, 3.8) is 0 Å². The van der Waals surface area contributed by atoms with E-state index in [1.807, 2.05) is 6.07 Å². The van der Waals surface area contributed by atoms with Crippen molar-refractivity contribution in [2.45, 2.75) is 30.7 Å². The van der Waals surface area contributed by atoms with E-state index in [1.165, 1.54) is 22.0 Å². The molecule has 2 bridgehead atoms. The second kappa shape index (κ2) is 4.34. The van der Waals surface area contributed by atoms with Crippen molar-refractivity contribution < 1.29 is 4.79 Å². The van der Waals surface area contributed by atoms with E-state index < -0.39 is 0 Å². The predicted molar refractivity (Wildman–Crippen MR) is 80.4 cm³/mol. The molecule has 1 amide bonds. The Morgan fingerprint density at radius 1 is 1.48 bits per heavy atom. The van der Waals surface area contributed by atoms with Crippen molar-refractivity contribution in [1.82, 2.24) is 15.1 Å². The maximum Gasteiger partial charge on any atom is 0.256 e. The van der Waals surface area contributed by atoms with E-state index in [0.29, 0.717) is 16.6 Å². The van der Waals surface area contributed by atoms with Crippen LogP contribution in [0.2, 0.25) is 5.15 Å². The highest BCUT2D eigenvalue weighted by Crippen LogP contribution is 2.55. The van der Waals surface area contributed by atoms with Gasteiger partial charge in [0.15, 0.2) is 0 Å². The summed E-state index contributed by atoms with van der Waals surface area (Å²) in [6, 6.07) is 8.45. The number of hydrogen-bond donors (Lipinski definition) is 1. The van der Waals surface area contributed by atoms with Crippen LogP contribution in [0.25, 0.3) is 0 Å². The van der Waals surface area contributed by atoms with Gasteiger partial charge in [0.2, 0.25) is 0 Å². The van der Waals surface area contributed by atoms with Gasteiger partial charge in [0, 0.05) is 7.05 Å². The van der Waals surface area contributed by atoms with E-state index >= 15 is 0 Å². The number of carbonyl (C=O) groups is 1. The average molecular weight is 302 g/mol. The zero-order valence-electron chi connectivity index (χ0n) is 11.8. The van der Waals surface area contributed by atoms with Crippen LogP contribution in [0, 0.1) is 0 Å². The van der Waals surface area contributed by atoms with E-state index in [0.717, 1.165) is 19.3 Å². The first-order chi connectivity index (χ1) is 10.1. The highest BCUT2D eigenvalue weighted by atomic mass is 35.5. The van der Waals surface area contributed by atoms with Crippen molar-refractivity contribution >= 4 is 17.5 Å². The molecule has 1 saturated carbocycles. The molecule has 1 fully saturated rings. The van der Waals surface area contributed by atoms with Crippen molar-refractivity contribution in [2.24, 2.45) is 7.05 Å². The van der Waals surface area contributed by atoms with Crippen LogP contribution in [0.3, 0.4) is 0 Å². The molecule has 1 N–H and O–H groups in total. The van der Waals surface area contributed by atoms with Crippen LogP contribution in [-0.4, -0.2) is 15.7 Å².